The summed E-state index contributed by atoms with van der Waals surface area (Å²) in [4.78, 5) is 30.3. The van der Waals surface area contributed by atoms with Gasteiger partial charge in [0.15, 0.2) is 11.6 Å². The van der Waals surface area contributed by atoms with Crippen LogP contribution < -0.4 is 0 Å². The molecule has 0 aliphatic heterocycles. The molecule has 7 heterocycles. The number of aromatic nitrogens is 6. The normalized spacial score (nSPS) is 12.2. The van der Waals surface area contributed by atoms with Gasteiger partial charge in [-0.15, -0.1) is 0 Å². The molecule has 628 valence electrons. The summed E-state index contributed by atoms with van der Waals surface area (Å²) in [6.45, 7) is 4.64. The Hall–Kier alpha value is -17.7. The predicted octanol–water partition coefficient (Wildman–Crippen LogP) is 33.5. The molecule has 0 unspecified atom stereocenters. The second kappa shape index (κ2) is 32.5. The van der Waals surface area contributed by atoms with E-state index in [1.165, 1.54) is 77.2 Å². The van der Waals surface area contributed by atoms with Crippen LogP contribution in [0.25, 0.3) is 255 Å². The molecule has 0 atom stereocenters. The largest absolute Gasteiger partial charge is 0.456 e. The average molecular weight is 1710 g/mol. The lowest BCUT2D eigenvalue weighted by Crippen LogP contribution is -2.14. The molecule has 0 N–H and O–H groups in total. The number of pyridine rings is 2. The van der Waals surface area contributed by atoms with Crippen molar-refractivity contribution in [1.82, 2.24) is 29.9 Å². The number of hydrogen-bond acceptors (Lipinski definition) is 9. The lowest BCUT2D eigenvalue weighted by molar-refractivity contribution is 0.660. The van der Waals surface area contributed by atoms with Crippen molar-refractivity contribution in [1.29, 1.82) is 0 Å². The summed E-state index contributed by atoms with van der Waals surface area (Å²) in [6, 6.07) is 155. The van der Waals surface area contributed by atoms with E-state index in [1.807, 2.05) is 103 Å². The Morgan fingerprint density at radius 2 is 0.560 bits per heavy atom. The predicted molar refractivity (Wildman–Crippen MR) is 553 cm³/mol. The maximum atomic E-state index is 6.23. The molecule has 19 aromatic carbocycles. The van der Waals surface area contributed by atoms with Crippen LogP contribution in [-0.4, -0.2) is 29.9 Å². The number of benzene rings is 19. The van der Waals surface area contributed by atoms with Gasteiger partial charge in [0.2, 0.25) is 0 Å². The standard InChI is InChI=1S/2C42H26N2O.C41H28N2O/c1-3-12-27(13-4-1)41-36-26-29(22-25-37(36)43-42(44-41)28-14-5-2-6-15-28)30-23-24-33(32-17-8-7-16-31(30)32)34-19-11-21-39-40(34)35-18-9-10-20-38(35)45-39;1-3-12-27(13-4-1)41-35-23-22-29(26-37(35)43-42(44-41)28-14-5-2-6-15-28)30-24-25-33(32-17-8-7-16-31(30)32)34-19-11-21-39-40(34)36-18-9-10-20-38(36)45-39;1-41(2)33-13-5-3-9-29(33)30-21-20-27(23-34(30)41)40-31-12-8-22-42-36(31)24-35(43-40)26-18-16-25(17-19-26)28-11-7-15-38-39(28)32-10-4-6-14-37(32)44-38/h2*1-26H;3-24H,1-2H3. The number of furan rings is 3. The van der Waals surface area contributed by atoms with Crippen molar-refractivity contribution in [2.45, 2.75) is 19.3 Å². The van der Waals surface area contributed by atoms with E-state index in [2.05, 4.69) is 360 Å². The minimum absolute atomic E-state index is 0.0768. The lowest BCUT2D eigenvalue weighted by Gasteiger charge is -2.22. The molecule has 26 aromatic rings. The molecular formula is C125H80N6O3. The highest BCUT2D eigenvalue weighted by atomic mass is 16.3. The summed E-state index contributed by atoms with van der Waals surface area (Å²) in [5, 5.41) is 14.8. The number of nitrogens with zero attached hydrogens (tertiary/aromatic N) is 6. The lowest BCUT2D eigenvalue weighted by atomic mass is 9.82. The minimum atomic E-state index is -0.0768. The van der Waals surface area contributed by atoms with Crippen molar-refractivity contribution < 1.29 is 13.3 Å². The van der Waals surface area contributed by atoms with Crippen molar-refractivity contribution >= 4 is 120 Å². The molecule has 0 radical (unpaired) electrons. The Balaban J connectivity index is 0.000000107. The summed E-state index contributed by atoms with van der Waals surface area (Å²) in [6.07, 6.45) is 1.86. The summed E-state index contributed by atoms with van der Waals surface area (Å²) < 4.78 is 18.6. The maximum Gasteiger partial charge on any atom is 0.160 e. The zero-order valence-electron chi connectivity index (χ0n) is 73.1. The van der Waals surface area contributed by atoms with Crippen LogP contribution in [0.5, 0.6) is 0 Å². The van der Waals surface area contributed by atoms with Crippen LogP contribution in [0.1, 0.15) is 25.0 Å². The number of para-hydroxylation sites is 3. The molecule has 1 aliphatic rings. The second-order valence-electron chi connectivity index (χ2n) is 34.9. The fourth-order valence-electron chi connectivity index (χ4n) is 20.4. The van der Waals surface area contributed by atoms with Gasteiger partial charge in [-0.3, -0.25) is 4.98 Å². The van der Waals surface area contributed by atoms with Crippen LogP contribution in [-0.2, 0) is 5.41 Å². The van der Waals surface area contributed by atoms with Crippen LogP contribution in [0.4, 0.5) is 0 Å². The van der Waals surface area contributed by atoms with Crippen molar-refractivity contribution in [3.8, 4) is 135 Å². The van der Waals surface area contributed by atoms with E-state index >= 15 is 0 Å². The van der Waals surface area contributed by atoms with Gasteiger partial charge in [0, 0.05) is 93.5 Å². The maximum absolute atomic E-state index is 6.23. The zero-order chi connectivity index (χ0) is 88.9. The molecule has 9 nitrogen and oxygen atoms in total. The summed E-state index contributed by atoms with van der Waals surface area (Å²) in [5.74, 6) is 1.45. The van der Waals surface area contributed by atoms with Crippen LogP contribution >= 0.6 is 0 Å². The summed E-state index contributed by atoms with van der Waals surface area (Å²) >= 11 is 0. The first kappa shape index (κ1) is 78.6. The fraction of sp³-hybridized carbons (Fsp3) is 0.0240. The fourth-order valence-corrected chi connectivity index (χ4v) is 20.4. The Kier molecular flexibility index (Phi) is 19.1. The van der Waals surface area contributed by atoms with E-state index < -0.39 is 0 Å². The topological polar surface area (TPSA) is 117 Å². The van der Waals surface area contributed by atoms with E-state index in [4.69, 9.17) is 43.2 Å². The first-order valence-corrected chi connectivity index (χ1v) is 45.4. The molecule has 134 heavy (non-hydrogen) atoms. The molecule has 0 spiro atoms. The molecule has 27 rings (SSSR count). The van der Waals surface area contributed by atoms with Crippen LogP contribution in [0.15, 0.2) is 462 Å². The molecule has 0 amide bonds. The molecule has 7 aromatic heterocycles. The molecule has 0 saturated heterocycles. The zero-order valence-corrected chi connectivity index (χ0v) is 73.1. The van der Waals surface area contributed by atoms with Gasteiger partial charge in [-0.2, -0.15) is 0 Å². The number of hydrogen-bond donors (Lipinski definition) is 0. The van der Waals surface area contributed by atoms with Gasteiger partial charge in [0.25, 0.3) is 0 Å². The Morgan fingerprint density at radius 1 is 0.187 bits per heavy atom. The molecule has 1 aliphatic carbocycles. The van der Waals surface area contributed by atoms with Gasteiger partial charge < -0.3 is 13.3 Å². The average Bonchev–Trinajstić information content (AvgIpc) is 1.54. The van der Waals surface area contributed by atoms with Crippen LogP contribution in [0, 0.1) is 0 Å². The molecule has 0 bridgehead atoms. The Morgan fingerprint density at radius 3 is 1.11 bits per heavy atom. The van der Waals surface area contributed by atoms with E-state index in [1.54, 1.807) is 0 Å². The van der Waals surface area contributed by atoms with Crippen molar-refractivity contribution in [2.24, 2.45) is 0 Å². The van der Waals surface area contributed by atoms with Gasteiger partial charge in [0.1, 0.15) is 33.5 Å². The number of rotatable bonds is 11. The third kappa shape index (κ3) is 13.6. The van der Waals surface area contributed by atoms with E-state index in [9.17, 15) is 0 Å². The van der Waals surface area contributed by atoms with Crippen molar-refractivity contribution in [2.75, 3.05) is 0 Å². The van der Waals surface area contributed by atoms with Crippen LogP contribution in [0.2, 0.25) is 0 Å². The van der Waals surface area contributed by atoms with E-state index in [0.29, 0.717) is 0 Å². The third-order valence-corrected chi connectivity index (χ3v) is 26.8. The van der Waals surface area contributed by atoms with E-state index in [-0.39, 0.29) is 5.41 Å². The molecular weight excluding hydrogens is 1630 g/mol. The van der Waals surface area contributed by atoms with Gasteiger partial charge in [0.05, 0.1) is 39.3 Å². The van der Waals surface area contributed by atoms with Gasteiger partial charge in [-0.1, -0.05) is 372 Å². The third-order valence-electron chi connectivity index (χ3n) is 26.8. The SMILES string of the molecule is CC1(C)c2ccccc2-c2ccc(-c3nc(-c4ccc(-c5cccc6oc7ccccc7c56)cc4)cc4ncccc34)cc21.c1ccc(-c2nc(-c3ccccc3)c3cc(-c4ccc(-c5cccc6oc7ccccc7c56)c5ccccc45)ccc3n2)cc1.c1ccc(-c2nc(-c3ccccc3)c3ccc(-c4ccc(-c5cccc6oc7ccccc7c56)c5ccccc45)cc3n2)cc1. The first-order valence-electron chi connectivity index (χ1n) is 45.4. The van der Waals surface area contributed by atoms with Gasteiger partial charge >= 0.3 is 0 Å². The monoisotopic (exact) mass is 1710 g/mol. The van der Waals surface area contributed by atoms with Crippen molar-refractivity contribution in [3.63, 3.8) is 0 Å². The van der Waals surface area contributed by atoms with Gasteiger partial charge in [-0.25, -0.2) is 24.9 Å². The minimum Gasteiger partial charge on any atom is -0.456 e. The molecule has 9 heteroatoms. The van der Waals surface area contributed by atoms with Gasteiger partial charge in [-0.05, 0) is 184 Å². The van der Waals surface area contributed by atoms with Crippen molar-refractivity contribution in [3.05, 3.63) is 460 Å². The Labute approximate surface area is 772 Å². The second-order valence-corrected chi connectivity index (χ2v) is 34.9. The highest BCUT2D eigenvalue weighted by molar-refractivity contribution is 6.20. The highest BCUT2D eigenvalue weighted by Crippen LogP contribution is 2.52. The highest BCUT2D eigenvalue weighted by Gasteiger charge is 2.36. The first-order chi connectivity index (χ1) is 66.2. The smallest absolute Gasteiger partial charge is 0.160 e. The van der Waals surface area contributed by atoms with Crippen LogP contribution in [0.3, 0.4) is 0 Å². The molecule has 0 saturated carbocycles. The quantitative estimate of drug-likeness (QED) is 0.125. The Bertz CT molecular complexity index is 9160. The number of fused-ring (bicyclic) bond motifs is 17. The molecule has 0 fully saturated rings. The summed E-state index contributed by atoms with van der Waals surface area (Å²) in [5.41, 5.74) is 35.1. The van der Waals surface area contributed by atoms with E-state index in [0.717, 1.165) is 189 Å². The summed E-state index contributed by atoms with van der Waals surface area (Å²) in [7, 11) is 0.